The Morgan fingerprint density at radius 3 is 2.08 bits per heavy atom. The number of benzene rings is 6. The van der Waals surface area contributed by atoms with Crippen molar-refractivity contribution in [2.24, 2.45) is 0 Å². The van der Waals surface area contributed by atoms with E-state index in [0.29, 0.717) is 17.5 Å². The second-order valence-corrected chi connectivity index (χ2v) is 15.1. The van der Waals surface area contributed by atoms with E-state index in [-0.39, 0.29) is 0 Å². The van der Waals surface area contributed by atoms with Gasteiger partial charge in [0.25, 0.3) is 0 Å². The molecule has 240 valence electrons. The van der Waals surface area contributed by atoms with Crippen molar-refractivity contribution in [3.05, 3.63) is 156 Å². The lowest BCUT2D eigenvalue weighted by molar-refractivity contribution is 0.669. The van der Waals surface area contributed by atoms with Gasteiger partial charge in [-0.1, -0.05) is 103 Å². The summed E-state index contributed by atoms with van der Waals surface area (Å²) in [5.74, 6) is 1.98. The fourth-order valence-electron chi connectivity index (χ4n) is 7.81. The van der Waals surface area contributed by atoms with Gasteiger partial charge in [0.1, 0.15) is 11.2 Å². The Balaban J connectivity index is 1.25. The molecule has 6 aromatic carbocycles. The average Bonchev–Trinajstić information content (AvgIpc) is 3.89. The quantitative estimate of drug-likeness (QED) is 0.185. The van der Waals surface area contributed by atoms with Crippen molar-refractivity contribution in [3.63, 3.8) is 0 Å². The Hall–Kier alpha value is -5.95. The van der Waals surface area contributed by atoms with Crippen molar-refractivity contribution in [1.82, 2.24) is 15.0 Å². The van der Waals surface area contributed by atoms with E-state index in [0.717, 1.165) is 62.6 Å². The minimum Gasteiger partial charge on any atom is -0.456 e. The number of hydrogen-bond acceptors (Lipinski definition) is 6. The van der Waals surface area contributed by atoms with Gasteiger partial charge in [-0.2, -0.15) is 0 Å². The molecule has 4 aromatic heterocycles. The maximum Gasteiger partial charge on any atom is 0.165 e. The highest BCUT2D eigenvalue weighted by atomic mass is 32.1. The molecule has 0 atom stereocenters. The summed E-state index contributed by atoms with van der Waals surface area (Å²) >= 11 is 3.66. The first-order chi connectivity index (χ1) is 25.3. The first-order valence-electron chi connectivity index (χ1n) is 17.2. The van der Waals surface area contributed by atoms with E-state index in [1.165, 1.54) is 40.7 Å². The highest BCUT2D eigenvalue weighted by Gasteiger charge is 2.26. The zero-order valence-electron chi connectivity index (χ0n) is 27.3. The third-order valence-corrected chi connectivity index (χ3v) is 12.4. The maximum absolute atomic E-state index is 6.51. The molecule has 6 heteroatoms. The lowest BCUT2D eigenvalue weighted by Gasteiger charge is -2.17. The topological polar surface area (TPSA) is 51.8 Å². The van der Waals surface area contributed by atoms with Crippen LogP contribution in [0.4, 0.5) is 0 Å². The van der Waals surface area contributed by atoms with Crippen LogP contribution in [0.5, 0.6) is 0 Å². The summed E-state index contributed by atoms with van der Waals surface area (Å²) in [6.07, 6.45) is 4.26. The minimum atomic E-state index is 0.636. The zero-order valence-corrected chi connectivity index (χ0v) is 28.9. The molecule has 10 aromatic rings. The van der Waals surface area contributed by atoms with Gasteiger partial charge < -0.3 is 4.42 Å². The van der Waals surface area contributed by atoms with Gasteiger partial charge in [0.2, 0.25) is 0 Å². The second-order valence-electron chi connectivity index (χ2n) is 13.0. The number of para-hydroxylation sites is 1. The molecule has 1 aliphatic carbocycles. The summed E-state index contributed by atoms with van der Waals surface area (Å²) in [4.78, 5) is 17.3. The number of allylic oxidation sites excluding steroid dienone is 1. The number of aromatic nitrogens is 3. The van der Waals surface area contributed by atoms with Crippen molar-refractivity contribution < 1.29 is 4.42 Å². The molecule has 4 nitrogen and oxygen atoms in total. The van der Waals surface area contributed by atoms with Crippen LogP contribution in [0.15, 0.2) is 144 Å². The van der Waals surface area contributed by atoms with Crippen LogP contribution < -0.4 is 0 Å². The van der Waals surface area contributed by atoms with Gasteiger partial charge in [-0.25, -0.2) is 15.0 Å². The molecule has 51 heavy (non-hydrogen) atoms. The largest absolute Gasteiger partial charge is 0.456 e. The summed E-state index contributed by atoms with van der Waals surface area (Å²) in [5.41, 5.74) is 8.24. The molecule has 1 aliphatic rings. The fourth-order valence-corrected chi connectivity index (χ4v) is 10.2. The molecule has 0 spiro atoms. The van der Waals surface area contributed by atoms with E-state index in [1.807, 2.05) is 53.0 Å². The molecule has 0 bridgehead atoms. The van der Waals surface area contributed by atoms with Gasteiger partial charge in [0.05, 0.1) is 0 Å². The molecule has 0 saturated heterocycles. The molecule has 0 radical (unpaired) electrons. The molecular formula is C45H27N3OS2. The molecule has 0 aliphatic heterocycles. The predicted octanol–water partition coefficient (Wildman–Crippen LogP) is 12.7. The number of rotatable bonds is 4. The van der Waals surface area contributed by atoms with E-state index in [1.54, 1.807) is 0 Å². The maximum atomic E-state index is 6.51. The molecule has 4 heterocycles. The fraction of sp³-hybridized carbons (Fsp3) is 0.0444. The molecule has 0 fully saturated rings. The van der Waals surface area contributed by atoms with Crippen molar-refractivity contribution in [2.45, 2.75) is 12.8 Å². The van der Waals surface area contributed by atoms with Crippen LogP contribution in [0, 0.1) is 0 Å². The van der Waals surface area contributed by atoms with Crippen molar-refractivity contribution >= 4 is 80.4 Å². The Morgan fingerprint density at radius 1 is 0.490 bits per heavy atom. The van der Waals surface area contributed by atoms with E-state index in [2.05, 4.69) is 109 Å². The summed E-state index contributed by atoms with van der Waals surface area (Å²) in [7, 11) is 0. The first-order valence-corrected chi connectivity index (χ1v) is 18.8. The van der Waals surface area contributed by atoms with Crippen LogP contribution in [-0.2, 0) is 6.42 Å². The average molecular weight is 690 g/mol. The van der Waals surface area contributed by atoms with Gasteiger partial charge in [-0.05, 0) is 71.3 Å². The van der Waals surface area contributed by atoms with Gasteiger partial charge in [-0.15, -0.1) is 22.7 Å². The van der Waals surface area contributed by atoms with Crippen LogP contribution in [-0.4, -0.2) is 15.0 Å². The predicted molar refractivity (Wildman–Crippen MR) is 214 cm³/mol. The summed E-state index contributed by atoms with van der Waals surface area (Å²) in [6, 6.07) is 46.9. The first kappa shape index (κ1) is 28.8. The van der Waals surface area contributed by atoms with Gasteiger partial charge >= 0.3 is 0 Å². The monoisotopic (exact) mass is 689 g/mol. The Kier molecular flexibility index (Phi) is 6.38. The van der Waals surface area contributed by atoms with Gasteiger partial charge in [0.15, 0.2) is 17.5 Å². The summed E-state index contributed by atoms with van der Waals surface area (Å²) < 4.78 is 10.3. The van der Waals surface area contributed by atoms with Crippen molar-refractivity contribution in [2.75, 3.05) is 0 Å². The highest BCUT2D eigenvalue weighted by molar-refractivity contribution is 7.26. The van der Waals surface area contributed by atoms with Gasteiger partial charge in [-0.3, -0.25) is 0 Å². The molecule has 0 amide bonds. The molecule has 0 N–H and O–H groups in total. The summed E-state index contributed by atoms with van der Waals surface area (Å²) in [5, 5.41) is 5.87. The Bertz CT molecular complexity index is 3040. The Labute approximate surface area is 301 Å². The third kappa shape index (κ3) is 4.47. The van der Waals surface area contributed by atoms with E-state index >= 15 is 0 Å². The van der Waals surface area contributed by atoms with E-state index in [9.17, 15) is 0 Å². The van der Waals surface area contributed by atoms with Crippen LogP contribution in [0.3, 0.4) is 0 Å². The number of hydrogen-bond donors (Lipinski definition) is 0. The Morgan fingerprint density at radius 2 is 1.20 bits per heavy atom. The van der Waals surface area contributed by atoms with Crippen LogP contribution in [0.1, 0.15) is 22.7 Å². The highest BCUT2D eigenvalue weighted by Crippen LogP contribution is 2.47. The van der Waals surface area contributed by atoms with E-state index < -0.39 is 0 Å². The minimum absolute atomic E-state index is 0.636. The van der Waals surface area contributed by atoms with E-state index in [4.69, 9.17) is 19.4 Å². The number of nitrogens with zero attached hydrogens (tertiary/aromatic N) is 3. The zero-order chi connectivity index (χ0) is 33.5. The lowest BCUT2D eigenvalue weighted by atomic mass is 9.91. The molecular weight excluding hydrogens is 663 g/mol. The lowest BCUT2D eigenvalue weighted by Crippen LogP contribution is -2.06. The van der Waals surface area contributed by atoms with Crippen molar-refractivity contribution in [1.29, 1.82) is 0 Å². The SMILES string of the molecule is C1=C(c2nc(-c3ccccc3)nc(-c3c(-c4cccc5sc6ccccc6c45)ccc4oc5ccccc5c34)n2)c2sc3ccccc3c2CC1. The van der Waals surface area contributed by atoms with Crippen LogP contribution in [0.25, 0.3) is 91.7 Å². The van der Waals surface area contributed by atoms with Crippen molar-refractivity contribution in [3.8, 4) is 33.9 Å². The second kappa shape index (κ2) is 11.3. The normalized spacial score (nSPS) is 13.1. The van der Waals surface area contributed by atoms with Crippen LogP contribution >= 0.6 is 22.7 Å². The van der Waals surface area contributed by atoms with Gasteiger partial charge in [0, 0.05) is 57.2 Å². The number of furan rings is 1. The third-order valence-electron chi connectivity index (χ3n) is 10.1. The molecule has 0 saturated carbocycles. The summed E-state index contributed by atoms with van der Waals surface area (Å²) in [6.45, 7) is 0. The standard InChI is InChI=1S/C45H27N3OS2/c1-2-12-26(13-3-1)43-46-44(33-19-10-18-30-27-14-5-8-21-36(27)51-42(30)33)48-45(47-43)41-29(24-25-35-40(41)31-15-4-7-20-34(31)49-35)28-17-11-23-38-39(28)32-16-6-9-22-37(32)50-38/h1-9,11-17,19-25H,10,18H2. The van der Waals surface area contributed by atoms with Crippen LogP contribution in [0.2, 0.25) is 0 Å². The number of aryl methyl sites for hydroxylation is 1. The number of thiophene rings is 2. The smallest absolute Gasteiger partial charge is 0.165 e. The number of fused-ring (bicyclic) bond motifs is 9. The molecule has 0 unspecified atom stereocenters. The molecule has 11 rings (SSSR count).